The van der Waals surface area contributed by atoms with Gasteiger partial charge in [0.15, 0.2) is 0 Å². The smallest absolute Gasteiger partial charge is 0.411 e. The van der Waals surface area contributed by atoms with Gasteiger partial charge in [-0.1, -0.05) is 24.3 Å². The van der Waals surface area contributed by atoms with Crippen LogP contribution in [0.5, 0.6) is 0 Å². The molecule has 1 heterocycles. The Morgan fingerprint density at radius 2 is 1.96 bits per heavy atom. The number of nitrogens with zero attached hydrogens (tertiary/aromatic N) is 1. The average molecular weight is 588 g/mol. The Labute approximate surface area is 182 Å². The zero-order chi connectivity index (χ0) is 19.2. The molecule has 0 saturated heterocycles. The molecule has 1 aliphatic heterocycles. The molecular weight excluding hydrogens is 570 g/mol. The summed E-state index contributed by atoms with van der Waals surface area (Å²) in [5.41, 5.74) is 2.79. The molecule has 0 unspecified atom stereocenters. The second kappa shape index (κ2) is 9.45. The van der Waals surface area contributed by atoms with Crippen LogP contribution >= 0.6 is 43.6 Å². The molecular formula is C20H18I2N2O3. The minimum Gasteiger partial charge on any atom is -0.450 e. The summed E-state index contributed by atoms with van der Waals surface area (Å²) in [4.78, 5) is 23.9. The molecule has 1 N–H and O–H groups in total. The predicted octanol–water partition coefficient (Wildman–Crippen LogP) is 4.86. The van der Waals surface area contributed by atoms with Crippen molar-refractivity contribution in [3.05, 3.63) is 75.4 Å². The molecule has 7 heteroatoms. The largest absolute Gasteiger partial charge is 0.450 e. The predicted molar refractivity (Wildman–Crippen MR) is 124 cm³/mol. The summed E-state index contributed by atoms with van der Waals surface area (Å²) < 4.78 is 9.20. The van der Waals surface area contributed by atoms with E-state index < -0.39 is 27.1 Å². The number of rotatable bonds is 5. The van der Waals surface area contributed by atoms with Gasteiger partial charge in [-0.25, -0.2) is 4.79 Å². The Hall–Kier alpha value is -1.75. The molecule has 0 aliphatic carbocycles. The minimum atomic E-state index is -0.606. The maximum atomic E-state index is 12.3. The van der Waals surface area contributed by atoms with Gasteiger partial charge in [-0.15, -0.1) is 0 Å². The van der Waals surface area contributed by atoms with E-state index in [2.05, 4.69) is 52.2 Å². The van der Waals surface area contributed by atoms with Crippen molar-refractivity contribution >= 4 is 64.8 Å². The number of amides is 2. The lowest BCUT2D eigenvalue weighted by Crippen LogP contribution is -2.23. The molecule has 0 fully saturated rings. The lowest BCUT2D eigenvalue weighted by Gasteiger charge is -2.21. The highest BCUT2D eigenvalue weighted by molar-refractivity contribution is 14.2. The second-order valence-electron chi connectivity index (χ2n) is 5.68. The van der Waals surface area contributed by atoms with Crippen molar-refractivity contribution < 1.29 is 14.3 Å². The van der Waals surface area contributed by atoms with E-state index in [1.165, 1.54) is 7.08 Å². The molecule has 140 valence electrons. The van der Waals surface area contributed by atoms with Crippen LogP contribution in [0, 0.1) is 3.57 Å². The van der Waals surface area contributed by atoms with Gasteiger partial charge in [-0.05, 0) is 71.0 Å². The number of anilines is 1. The number of allylic oxidation sites excluding steroid dienone is 1. The maximum absolute atomic E-state index is 12.3. The lowest BCUT2D eigenvalue weighted by molar-refractivity contribution is -0.120. The number of carbonyl (C=O) groups excluding carboxylic acids is 2. The third-order valence-electron chi connectivity index (χ3n) is 3.69. The Balaban J connectivity index is 1.76. The summed E-state index contributed by atoms with van der Waals surface area (Å²) in [6.07, 6.45) is 3.10. The van der Waals surface area contributed by atoms with E-state index in [1.807, 2.05) is 27.4 Å². The lowest BCUT2D eigenvalue weighted by atomic mass is 10.1. The Morgan fingerprint density at radius 3 is 2.70 bits per heavy atom. The topological polar surface area (TPSA) is 58.6 Å². The third-order valence-corrected chi connectivity index (χ3v) is 7.31. The number of hydrogen-bond donors (Lipinski definition) is 1. The zero-order valence-electron chi connectivity index (χ0n) is 14.6. The number of carbonyl (C=O) groups is 2. The number of hydrogen-bond acceptors (Lipinski definition) is 3. The van der Waals surface area contributed by atoms with Gasteiger partial charge in [0, 0.05) is 39.8 Å². The highest BCUT2D eigenvalue weighted by Gasteiger charge is 2.16. The maximum Gasteiger partial charge on any atom is 0.411 e. The summed E-state index contributed by atoms with van der Waals surface area (Å²) in [6.45, 7) is 2.60. The van der Waals surface area contributed by atoms with E-state index in [1.54, 1.807) is 19.1 Å². The summed E-state index contributed by atoms with van der Waals surface area (Å²) in [7, 11) is 0. The molecule has 5 nitrogen and oxygen atoms in total. The van der Waals surface area contributed by atoms with Gasteiger partial charge in [-0.2, -0.15) is 0 Å². The Kier molecular flexibility index (Phi) is 7.00. The Morgan fingerprint density at radius 1 is 1.19 bits per heavy atom. The first kappa shape index (κ1) is 20.0. The van der Waals surface area contributed by atoms with Gasteiger partial charge < -0.3 is 4.74 Å². The summed E-state index contributed by atoms with van der Waals surface area (Å²) in [5, 5.41) is 2.70. The molecule has 2 aromatic carbocycles. The van der Waals surface area contributed by atoms with Crippen LogP contribution in [0.15, 0.2) is 60.7 Å². The molecule has 0 atom stereocenters. The summed E-state index contributed by atoms with van der Waals surface area (Å²) in [5.74, 6) is 0.0285. The summed E-state index contributed by atoms with van der Waals surface area (Å²) >= 11 is 1.68. The number of ether oxygens (including phenoxy) is 1. The molecule has 1 aliphatic rings. The molecule has 2 amide bonds. The first-order valence-corrected chi connectivity index (χ1v) is 11.5. The molecule has 27 heavy (non-hydrogen) atoms. The van der Waals surface area contributed by atoms with Crippen LogP contribution in [0.4, 0.5) is 10.5 Å². The highest BCUT2D eigenvalue weighted by Crippen LogP contribution is 2.25. The molecule has 3 rings (SSSR count). The van der Waals surface area contributed by atoms with E-state index in [4.69, 9.17) is 4.74 Å². The molecule has 0 saturated carbocycles. The van der Waals surface area contributed by atoms with Crippen molar-refractivity contribution in [1.82, 2.24) is 3.11 Å². The molecule has 2 aromatic rings. The van der Waals surface area contributed by atoms with Crippen molar-refractivity contribution in [2.24, 2.45) is 0 Å². The van der Waals surface area contributed by atoms with Crippen LogP contribution in [0.2, 0.25) is 0 Å². The second-order valence-corrected chi connectivity index (χ2v) is 9.73. The first-order chi connectivity index (χ1) is 13.0. The SMILES string of the molecule is CCOC(=O)Nc1cccc(CN2I=C(c3ccc(I)cc3)C=CC2=O)c1. The van der Waals surface area contributed by atoms with Crippen molar-refractivity contribution in [1.29, 1.82) is 0 Å². The Bertz CT molecular complexity index is 908. The average Bonchev–Trinajstić information content (AvgIpc) is 2.65. The fraction of sp³-hybridized carbons (Fsp3) is 0.150. The standard InChI is InChI=1S/C20H18I2N2O3/c1-2-27-20(26)23-17-5-3-4-14(12-17)13-24-19(25)11-10-18(22-24)15-6-8-16(21)9-7-15/h3-12H,2,13H2,1H3,(H,23,26). The van der Waals surface area contributed by atoms with Crippen molar-refractivity contribution in [2.75, 3.05) is 11.9 Å². The molecule has 0 bridgehead atoms. The van der Waals surface area contributed by atoms with Crippen LogP contribution in [-0.4, -0.2) is 25.2 Å². The van der Waals surface area contributed by atoms with Crippen molar-refractivity contribution in [3.8, 4) is 0 Å². The molecule has 0 radical (unpaired) electrons. The van der Waals surface area contributed by atoms with Gasteiger partial charge in [0.25, 0.3) is 5.91 Å². The van der Waals surface area contributed by atoms with Gasteiger partial charge in [0.1, 0.15) is 0 Å². The fourth-order valence-corrected chi connectivity index (χ4v) is 5.39. The normalized spacial score (nSPS) is 13.6. The van der Waals surface area contributed by atoms with Gasteiger partial charge >= 0.3 is 6.09 Å². The van der Waals surface area contributed by atoms with Crippen molar-refractivity contribution in [2.45, 2.75) is 13.5 Å². The first-order valence-electron chi connectivity index (χ1n) is 8.35. The van der Waals surface area contributed by atoms with Crippen LogP contribution in [0.3, 0.4) is 0 Å². The van der Waals surface area contributed by atoms with Crippen LogP contribution in [-0.2, 0) is 16.1 Å². The van der Waals surface area contributed by atoms with Crippen LogP contribution < -0.4 is 5.32 Å². The summed E-state index contributed by atoms with van der Waals surface area (Å²) in [6, 6.07) is 15.8. The zero-order valence-corrected chi connectivity index (χ0v) is 18.9. The third kappa shape index (κ3) is 5.61. The van der Waals surface area contributed by atoms with Crippen LogP contribution in [0.25, 0.3) is 0 Å². The van der Waals surface area contributed by atoms with Crippen molar-refractivity contribution in [3.63, 3.8) is 0 Å². The van der Waals surface area contributed by atoms with E-state index in [-0.39, 0.29) is 5.91 Å². The van der Waals surface area contributed by atoms with Gasteiger partial charge in [0.2, 0.25) is 0 Å². The monoisotopic (exact) mass is 588 g/mol. The minimum absolute atomic E-state index is 0.0285. The molecule has 0 aromatic heterocycles. The van der Waals surface area contributed by atoms with Gasteiger partial charge in [-0.3, -0.25) is 13.2 Å². The van der Waals surface area contributed by atoms with Crippen LogP contribution in [0.1, 0.15) is 18.1 Å². The number of benzene rings is 2. The number of halogens is 2. The fourth-order valence-electron chi connectivity index (χ4n) is 2.46. The molecule has 0 spiro atoms. The van der Waals surface area contributed by atoms with E-state index >= 15 is 0 Å². The van der Waals surface area contributed by atoms with Gasteiger partial charge in [0.05, 0.1) is 13.2 Å². The van der Waals surface area contributed by atoms with E-state index in [0.717, 1.165) is 11.1 Å². The quantitative estimate of drug-likeness (QED) is 0.401. The highest BCUT2D eigenvalue weighted by atomic mass is 127. The van der Waals surface area contributed by atoms with E-state index in [9.17, 15) is 9.59 Å². The van der Waals surface area contributed by atoms with E-state index in [0.29, 0.717) is 18.8 Å². The number of nitrogens with one attached hydrogen (secondary N) is 1.